The highest BCUT2D eigenvalue weighted by Crippen LogP contribution is 2.49. The van der Waals surface area contributed by atoms with Crippen molar-refractivity contribution in [2.75, 3.05) is 0 Å². The number of fused-ring (bicyclic) bond motifs is 11. The Hall–Kier alpha value is -8.80. The fourth-order valence-corrected chi connectivity index (χ4v) is 10.9. The molecule has 4 heterocycles. The number of hydrogen-bond acceptors (Lipinski definition) is 2. The second-order valence-electron chi connectivity index (χ2n) is 20.5. The Bertz CT molecular complexity index is 5460. The molecular weight excluding hydrogens is 937 g/mol. The smallest absolute Gasteiger partial charge is 0.269 e. The van der Waals surface area contributed by atoms with Crippen LogP contribution in [0.2, 0.25) is 0 Å². The SMILES string of the molecule is [2H]c1c([2H])c([2H])c(-c2cccc3c2-[n+]2[c-]n(-c4cccc(Oc5ccc6c7ccccc7n(-c7cc(C(C)(C)C)ccn7)c6c5)c4)c4cc(-c5c([2H])c([2H])c6c(c5[2H])C(C([2H])([2H])[2H])(C([2H])([2H])[2H])C([2H])([2H])C([2H])([2H])C6(C([2H])([2H])[2H])C([2H])([2H])[2H])cc(c42)-c2ccccc2-c2ccccc2-3)c([2H])c1[2H]. The normalized spacial score (nSPS) is 20.8. The molecule has 77 heavy (non-hydrogen) atoms. The van der Waals surface area contributed by atoms with Crippen molar-refractivity contribution >= 4 is 32.8 Å². The number of nitrogens with zero attached hydrogens (tertiary/aromatic N) is 4. The third-order valence-electron chi connectivity index (χ3n) is 14.6. The van der Waals surface area contributed by atoms with Crippen LogP contribution < -0.4 is 9.30 Å². The monoisotopic (exact) mass is 1020 g/mol. The van der Waals surface area contributed by atoms with Gasteiger partial charge in [-0.3, -0.25) is 13.7 Å². The first-order valence-electron chi connectivity index (χ1n) is 37.0. The van der Waals surface area contributed by atoms with Crippen molar-refractivity contribution in [2.24, 2.45) is 0 Å². The summed E-state index contributed by atoms with van der Waals surface area (Å²) in [6.45, 7) is -10.8. The topological polar surface area (TPSA) is 35.9 Å². The van der Waals surface area contributed by atoms with Gasteiger partial charge in [0.25, 0.3) is 6.33 Å². The molecule has 9 aromatic carbocycles. The molecule has 0 N–H and O–H groups in total. The van der Waals surface area contributed by atoms with Crippen LogP contribution in [-0.2, 0) is 16.2 Å². The van der Waals surface area contributed by atoms with E-state index < -0.39 is 116 Å². The van der Waals surface area contributed by atoms with Gasteiger partial charge in [-0.05, 0) is 156 Å². The molecule has 0 bridgehead atoms. The van der Waals surface area contributed by atoms with Crippen LogP contribution in [-0.4, -0.2) is 14.1 Å². The minimum Gasteiger partial charge on any atom is -0.458 e. The molecule has 0 fully saturated rings. The largest absolute Gasteiger partial charge is 0.458 e. The summed E-state index contributed by atoms with van der Waals surface area (Å²) in [5.74, 6) is 1.33. The van der Waals surface area contributed by atoms with Crippen molar-refractivity contribution in [3.63, 3.8) is 0 Å². The Morgan fingerprint density at radius 2 is 1.23 bits per heavy atom. The number of pyridine rings is 1. The molecule has 14 rings (SSSR count). The molecule has 0 spiro atoms. The van der Waals surface area contributed by atoms with Gasteiger partial charge >= 0.3 is 0 Å². The highest BCUT2D eigenvalue weighted by atomic mass is 16.5. The number of rotatable bonds is 6. The first-order chi connectivity index (χ1) is 47.2. The third-order valence-corrected chi connectivity index (χ3v) is 14.6. The maximum absolute atomic E-state index is 10.4. The molecule has 2 aliphatic rings. The number of aromatic nitrogens is 4. The predicted molar refractivity (Wildman–Crippen MR) is 317 cm³/mol. The van der Waals surface area contributed by atoms with Crippen LogP contribution >= 0.6 is 0 Å². The standard InChI is InChI=1S/C72H60N4O/c1-70(2,3)49-35-38-73-67(42-49)76-64-30-16-15-27-58(64)59-33-32-52(44-65(59)76)77-51-22-17-21-50(43-51)74-45-75-68-53(46-19-9-8-10-20-46)28-18-29-60(68)56-25-13-11-23-54(56)55-24-12-14-26-57(55)61-39-48(41-66(74)69(61)75)47-31-34-62-63(40-47)72(6,7)37-36-71(62,4)5/h8-35,38-44H,36-37H2,1-7H3/i4D3,5D3,6D3,7D3,8D,9D,10D,19D,20D,31D,34D,36D2,37D2,40D. The second-order valence-corrected chi connectivity index (χ2v) is 20.5. The van der Waals surface area contributed by atoms with E-state index in [0.717, 1.165) is 27.4 Å². The Labute approximate surface area is 485 Å². The molecule has 374 valence electrons. The van der Waals surface area contributed by atoms with E-state index in [1.807, 2.05) is 66.7 Å². The minimum absolute atomic E-state index is 0.0834. The molecule has 0 unspecified atom stereocenters. The average Bonchev–Trinajstić information content (AvgIpc) is 0.920. The van der Waals surface area contributed by atoms with Gasteiger partial charge in [0.1, 0.15) is 17.3 Å². The van der Waals surface area contributed by atoms with Gasteiger partial charge in [-0.1, -0.05) is 194 Å². The van der Waals surface area contributed by atoms with E-state index in [1.165, 1.54) is 12.1 Å². The zero-order valence-corrected chi connectivity index (χ0v) is 41.8. The van der Waals surface area contributed by atoms with Crippen LogP contribution in [0.3, 0.4) is 0 Å². The van der Waals surface area contributed by atoms with Crippen LogP contribution in [0.5, 0.6) is 11.5 Å². The van der Waals surface area contributed by atoms with Crippen molar-refractivity contribution in [1.82, 2.24) is 14.1 Å². The van der Waals surface area contributed by atoms with E-state index in [0.29, 0.717) is 39.4 Å². The van der Waals surface area contributed by atoms with Gasteiger partial charge in [0, 0.05) is 45.0 Å². The molecule has 3 aromatic heterocycles. The Kier molecular flexibility index (Phi) is 6.28. The van der Waals surface area contributed by atoms with E-state index in [9.17, 15) is 12.3 Å². The quantitative estimate of drug-likeness (QED) is 0.123. The molecule has 5 heteroatoms. The van der Waals surface area contributed by atoms with Gasteiger partial charge < -0.3 is 4.74 Å². The maximum Gasteiger partial charge on any atom is 0.269 e. The lowest BCUT2D eigenvalue weighted by Crippen LogP contribution is -2.33. The highest BCUT2D eigenvalue weighted by Gasteiger charge is 2.37. The highest BCUT2D eigenvalue weighted by molar-refractivity contribution is 6.09. The van der Waals surface area contributed by atoms with E-state index in [4.69, 9.17) is 30.3 Å². The summed E-state index contributed by atoms with van der Waals surface area (Å²) < 4.78 is 234. The summed E-state index contributed by atoms with van der Waals surface area (Å²) in [5, 5.41) is 1.87. The summed E-state index contributed by atoms with van der Waals surface area (Å²) in [6, 6.07) is 39.5. The van der Waals surface area contributed by atoms with E-state index >= 15 is 0 Å². The lowest BCUT2D eigenvalue weighted by atomic mass is 9.63. The minimum atomic E-state index is -4.58. The number of para-hydroxylation sites is 2. The summed E-state index contributed by atoms with van der Waals surface area (Å²) in [5.41, 5.74) is -7.08. The lowest BCUT2D eigenvalue weighted by molar-refractivity contribution is -0.570. The fraction of sp³-hybridized carbons (Fsp3) is 0.167. The lowest BCUT2D eigenvalue weighted by Gasteiger charge is -2.42. The summed E-state index contributed by atoms with van der Waals surface area (Å²) >= 11 is 0. The van der Waals surface area contributed by atoms with Gasteiger partial charge in [0.15, 0.2) is 0 Å². The summed E-state index contributed by atoms with van der Waals surface area (Å²) in [7, 11) is 0. The van der Waals surface area contributed by atoms with Crippen molar-refractivity contribution in [3.8, 4) is 84.3 Å². The van der Waals surface area contributed by atoms with Crippen molar-refractivity contribution in [3.05, 3.63) is 235 Å². The van der Waals surface area contributed by atoms with Gasteiger partial charge in [-0.2, -0.15) is 0 Å². The van der Waals surface area contributed by atoms with Crippen molar-refractivity contribution in [2.45, 2.75) is 77.2 Å². The number of hydrogen-bond donors (Lipinski definition) is 0. The molecule has 1 aliphatic heterocycles. The van der Waals surface area contributed by atoms with Crippen LogP contribution in [0.15, 0.2) is 212 Å². The molecule has 0 amide bonds. The molecule has 0 atom stereocenters. The third kappa shape index (κ3) is 7.65. The fourth-order valence-electron chi connectivity index (χ4n) is 10.9. The van der Waals surface area contributed by atoms with Crippen LogP contribution in [0.25, 0.3) is 106 Å². The maximum atomic E-state index is 10.4. The van der Waals surface area contributed by atoms with E-state index in [2.05, 4.69) is 37.7 Å². The summed E-state index contributed by atoms with van der Waals surface area (Å²) in [4.78, 5) is 4.84. The average molecular weight is 1020 g/mol. The van der Waals surface area contributed by atoms with Crippen molar-refractivity contribution in [1.29, 1.82) is 0 Å². The van der Waals surface area contributed by atoms with Crippen LogP contribution in [0.1, 0.15) is 111 Å². The second kappa shape index (κ2) is 17.4. The van der Waals surface area contributed by atoms with Crippen LogP contribution in [0.4, 0.5) is 0 Å². The van der Waals surface area contributed by atoms with Gasteiger partial charge in [0.05, 0.1) is 44.4 Å². The first-order valence-corrected chi connectivity index (χ1v) is 25.0. The molecule has 5 nitrogen and oxygen atoms in total. The molecule has 0 saturated heterocycles. The van der Waals surface area contributed by atoms with Crippen molar-refractivity contribution < 1.29 is 42.2 Å². The Balaban J connectivity index is 1.12. The molecule has 0 saturated carbocycles. The van der Waals surface area contributed by atoms with Gasteiger partial charge in [0.2, 0.25) is 0 Å². The Morgan fingerprint density at radius 1 is 0.571 bits per heavy atom. The number of ether oxygens (including phenoxy) is 1. The van der Waals surface area contributed by atoms with E-state index in [-0.39, 0.29) is 55.8 Å². The van der Waals surface area contributed by atoms with Crippen LogP contribution in [0, 0.1) is 6.33 Å². The summed E-state index contributed by atoms with van der Waals surface area (Å²) in [6.07, 6.45) is -3.84. The molecule has 1 aliphatic carbocycles. The zero-order chi connectivity index (χ0) is 72.9. The van der Waals surface area contributed by atoms with Gasteiger partial charge in [-0.15, -0.1) is 0 Å². The van der Waals surface area contributed by atoms with Gasteiger partial charge in [-0.25, -0.2) is 4.98 Å². The first kappa shape index (κ1) is 27.8. The molecule has 0 radical (unpaired) electrons. The number of imidazole rings is 1. The Morgan fingerprint density at radius 3 is 2.00 bits per heavy atom. The molecular formula is C72H60N4O. The molecule has 12 aromatic rings. The predicted octanol–water partition coefficient (Wildman–Crippen LogP) is 18.3. The van der Waals surface area contributed by atoms with E-state index in [1.54, 1.807) is 88.1 Å². The zero-order valence-electron chi connectivity index (χ0n) is 65.8. The number of benzene rings is 9.